The quantitative estimate of drug-likeness (QED) is 0.312. The van der Waals surface area contributed by atoms with E-state index >= 15 is 0 Å². The first kappa shape index (κ1) is 24.5. The molecular weight excluding hydrogens is 517 g/mol. The third kappa shape index (κ3) is 7.16. The van der Waals surface area contributed by atoms with Crippen LogP contribution in [0.15, 0.2) is 17.1 Å². The predicted molar refractivity (Wildman–Crippen MR) is 134 cm³/mol. The highest BCUT2D eigenvalue weighted by atomic mass is 127. The van der Waals surface area contributed by atoms with Gasteiger partial charge in [0.15, 0.2) is 5.96 Å². The minimum Gasteiger partial charge on any atom is -0.379 e. The van der Waals surface area contributed by atoms with Crippen molar-refractivity contribution >= 4 is 52.6 Å². The SMILES string of the molecule is CCNC(=NCc1nc(C)c(C)s1)NCC(c1ccc(C)s1)N1CCOCC1.I. The van der Waals surface area contributed by atoms with Crippen molar-refractivity contribution in [3.63, 3.8) is 0 Å². The van der Waals surface area contributed by atoms with Crippen molar-refractivity contribution in [2.24, 2.45) is 4.99 Å². The number of nitrogens with zero attached hydrogens (tertiary/aromatic N) is 3. The second-order valence-corrected chi connectivity index (χ2v) is 9.55. The average Bonchev–Trinajstić information content (AvgIpc) is 3.26. The summed E-state index contributed by atoms with van der Waals surface area (Å²) in [6.07, 6.45) is 0. The van der Waals surface area contributed by atoms with E-state index in [-0.39, 0.29) is 24.0 Å². The van der Waals surface area contributed by atoms with Crippen molar-refractivity contribution in [2.45, 2.75) is 40.3 Å². The number of thiazole rings is 1. The van der Waals surface area contributed by atoms with Gasteiger partial charge in [-0.3, -0.25) is 4.90 Å². The van der Waals surface area contributed by atoms with Gasteiger partial charge in [0.05, 0.1) is 31.5 Å². The van der Waals surface area contributed by atoms with Gasteiger partial charge in [-0.2, -0.15) is 0 Å². The van der Waals surface area contributed by atoms with Crippen molar-refractivity contribution in [1.82, 2.24) is 20.5 Å². The molecule has 1 aliphatic heterocycles. The molecule has 29 heavy (non-hydrogen) atoms. The first-order valence-corrected chi connectivity index (χ1v) is 11.5. The van der Waals surface area contributed by atoms with Crippen molar-refractivity contribution in [3.05, 3.63) is 37.5 Å². The number of hydrogen-bond acceptors (Lipinski definition) is 6. The highest BCUT2D eigenvalue weighted by Crippen LogP contribution is 2.28. The Morgan fingerprint density at radius 1 is 1.21 bits per heavy atom. The Balaban J connectivity index is 0.00000300. The predicted octanol–water partition coefficient (Wildman–Crippen LogP) is 3.88. The molecule has 3 heterocycles. The number of ether oxygens (including phenoxy) is 1. The lowest BCUT2D eigenvalue weighted by atomic mass is 10.2. The van der Waals surface area contributed by atoms with Gasteiger partial charge in [-0.25, -0.2) is 9.98 Å². The van der Waals surface area contributed by atoms with E-state index < -0.39 is 0 Å². The molecule has 1 fully saturated rings. The Morgan fingerprint density at radius 2 is 1.97 bits per heavy atom. The molecule has 1 aliphatic rings. The molecule has 9 heteroatoms. The summed E-state index contributed by atoms with van der Waals surface area (Å²) in [4.78, 5) is 15.9. The number of aromatic nitrogens is 1. The number of aryl methyl sites for hydroxylation is 3. The fraction of sp³-hybridized carbons (Fsp3) is 0.600. The van der Waals surface area contributed by atoms with Crippen molar-refractivity contribution in [1.29, 1.82) is 0 Å². The number of morpholine rings is 1. The molecule has 2 N–H and O–H groups in total. The zero-order valence-corrected chi connectivity index (χ0v) is 21.6. The maximum absolute atomic E-state index is 5.55. The molecule has 3 rings (SSSR count). The van der Waals surface area contributed by atoms with Crippen molar-refractivity contribution in [3.8, 4) is 0 Å². The number of rotatable bonds is 7. The summed E-state index contributed by atoms with van der Waals surface area (Å²) in [7, 11) is 0. The molecule has 1 atom stereocenters. The van der Waals surface area contributed by atoms with E-state index in [1.165, 1.54) is 14.6 Å². The maximum Gasteiger partial charge on any atom is 0.191 e. The second-order valence-electron chi connectivity index (χ2n) is 6.94. The summed E-state index contributed by atoms with van der Waals surface area (Å²) in [5, 5.41) is 7.98. The molecule has 1 unspecified atom stereocenters. The van der Waals surface area contributed by atoms with E-state index in [9.17, 15) is 0 Å². The highest BCUT2D eigenvalue weighted by Gasteiger charge is 2.24. The number of halogens is 1. The summed E-state index contributed by atoms with van der Waals surface area (Å²) in [6, 6.07) is 4.79. The van der Waals surface area contributed by atoms with Gasteiger partial charge in [-0.05, 0) is 39.8 Å². The number of nitrogens with one attached hydrogen (secondary N) is 2. The van der Waals surface area contributed by atoms with Gasteiger partial charge in [0.25, 0.3) is 0 Å². The van der Waals surface area contributed by atoms with Crippen LogP contribution in [0.2, 0.25) is 0 Å². The van der Waals surface area contributed by atoms with Gasteiger partial charge in [0, 0.05) is 40.8 Å². The zero-order chi connectivity index (χ0) is 19.9. The third-order valence-electron chi connectivity index (χ3n) is 4.83. The molecule has 162 valence electrons. The number of thiophene rings is 1. The van der Waals surface area contributed by atoms with E-state index in [1.807, 2.05) is 11.3 Å². The molecule has 6 nitrogen and oxygen atoms in total. The van der Waals surface area contributed by atoms with Crippen LogP contribution in [0.4, 0.5) is 0 Å². The fourth-order valence-electron chi connectivity index (χ4n) is 3.22. The van der Waals surface area contributed by atoms with Gasteiger partial charge in [0.1, 0.15) is 5.01 Å². The highest BCUT2D eigenvalue weighted by molar-refractivity contribution is 14.0. The molecule has 2 aromatic rings. The smallest absolute Gasteiger partial charge is 0.191 e. The molecule has 0 aromatic carbocycles. The lowest BCUT2D eigenvalue weighted by Gasteiger charge is -2.34. The summed E-state index contributed by atoms with van der Waals surface area (Å²) >= 11 is 3.60. The summed E-state index contributed by atoms with van der Waals surface area (Å²) < 4.78 is 5.55. The van der Waals surface area contributed by atoms with Crippen LogP contribution >= 0.6 is 46.7 Å². The first-order valence-electron chi connectivity index (χ1n) is 9.90. The van der Waals surface area contributed by atoms with Crippen LogP contribution in [-0.4, -0.2) is 55.2 Å². The van der Waals surface area contributed by atoms with E-state index in [0.717, 1.165) is 56.1 Å². The Kier molecular flexibility index (Phi) is 10.3. The largest absolute Gasteiger partial charge is 0.379 e. The van der Waals surface area contributed by atoms with Crippen LogP contribution in [0, 0.1) is 20.8 Å². The van der Waals surface area contributed by atoms with Gasteiger partial charge >= 0.3 is 0 Å². The lowest BCUT2D eigenvalue weighted by molar-refractivity contribution is 0.0177. The van der Waals surface area contributed by atoms with Gasteiger partial charge in [-0.1, -0.05) is 0 Å². The van der Waals surface area contributed by atoms with Crippen LogP contribution in [0.3, 0.4) is 0 Å². The average molecular weight is 550 g/mol. The Morgan fingerprint density at radius 3 is 2.55 bits per heavy atom. The first-order chi connectivity index (χ1) is 13.6. The Hall–Kier alpha value is -0.750. The van der Waals surface area contributed by atoms with Crippen molar-refractivity contribution < 1.29 is 4.74 Å². The van der Waals surface area contributed by atoms with Crippen LogP contribution in [0.1, 0.15) is 38.3 Å². The monoisotopic (exact) mass is 549 g/mol. The molecule has 1 saturated heterocycles. The second kappa shape index (κ2) is 12.2. The Bertz CT molecular complexity index is 766. The minimum absolute atomic E-state index is 0. The van der Waals surface area contributed by atoms with E-state index in [1.54, 1.807) is 11.3 Å². The van der Waals surface area contributed by atoms with Gasteiger partial charge in [0.2, 0.25) is 0 Å². The molecular formula is C20H32IN5OS2. The topological polar surface area (TPSA) is 61.8 Å². The number of aliphatic imine (C=N–C) groups is 1. The summed E-state index contributed by atoms with van der Waals surface area (Å²) in [5.74, 6) is 0.847. The fourth-order valence-corrected chi connectivity index (χ4v) is 5.09. The van der Waals surface area contributed by atoms with Gasteiger partial charge in [-0.15, -0.1) is 46.7 Å². The molecule has 0 bridgehead atoms. The minimum atomic E-state index is 0. The number of guanidine groups is 1. The molecule has 0 aliphatic carbocycles. The lowest BCUT2D eigenvalue weighted by Crippen LogP contribution is -2.46. The Labute approximate surface area is 199 Å². The molecule has 0 spiro atoms. The van der Waals surface area contributed by atoms with Crippen LogP contribution in [0.5, 0.6) is 0 Å². The third-order valence-corrected chi connectivity index (χ3v) is 6.99. The van der Waals surface area contributed by atoms with E-state index in [4.69, 9.17) is 9.73 Å². The van der Waals surface area contributed by atoms with Gasteiger partial charge < -0.3 is 15.4 Å². The maximum atomic E-state index is 5.55. The number of hydrogen-bond donors (Lipinski definition) is 2. The van der Waals surface area contributed by atoms with E-state index in [0.29, 0.717) is 12.6 Å². The van der Waals surface area contributed by atoms with Crippen LogP contribution < -0.4 is 10.6 Å². The zero-order valence-electron chi connectivity index (χ0n) is 17.7. The molecule has 0 amide bonds. The summed E-state index contributed by atoms with van der Waals surface area (Å²) in [6.45, 7) is 14.2. The van der Waals surface area contributed by atoms with Crippen LogP contribution in [0.25, 0.3) is 0 Å². The molecule has 0 saturated carbocycles. The molecule has 2 aromatic heterocycles. The van der Waals surface area contributed by atoms with Crippen molar-refractivity contribution in [2.75, 3.05) is 39.4 Å². The normalized spacial score (nSPS) is 16.3. The molecule has 0 radical (unpaired) electrons. The van der Waals surface area contributed by atoms with Crippen LogP contribution in [-0.2, 0) is 11.3 Å². The summed E-state index contributed by atoms with van der Waals surface area (Å²) in [5.41, 5.74) is 1.11. The standard InChI is InChI=1S/C20H31N5OS2.HI/c1-5-21-20(23-13-19-24-15(3)16(4)28-19)22-12-17(18-7-6-14(2)27-18)25-8-10-26-11-9-25;/h6-7,17H,5,8-13H2,1-4H3,(H2,21,22,23);1H. The van der Waals surface area contributed by atoms with E-state index in [2.05, 4.69) is 60.3 Å².